The fraction of sp³-hybridized carbons (Fsp3) is 0.333. The second kappa shape index (κ2) is 12.8. The number of carbonyl (C=O) groups excluding carboxylic acids is 2. The van der Waals surface area contributed by atoms with Gasteiger partial charge in [0.25, 0.3) is 5.91 Å². The number of amides is 2. The molecule has 1 aromatic heterocycles. The van der Waals surface area contributed by atoms with Crippen LogP contribution in [0.25, 0.3) is 10.9 Å². The van der Waals surface area contributed by atoms with Crippen molar-refractivity contribution in [2.75, 3.05) is 32.1 Å². The van der Waals surface area contributed by atoms with Crippen molar-refractivity contribution in [1.82, 2.24) is 13.8 Å². The third kappa shape index (κ3) is 6.35. The van der Waals surface area contributed by atoms with Gasteiger partial charge in [-0.05, 0) is 48.9 Å². The van der Waals surface area contributed by atoms with Crippen LogP contribution in [0.3, 0.4) is 0 Å². The molecule has 0 radical (unpaired) electrons. The van der Waals surface area contributed by atoms with Gasteiger partial charge in [-0.15, -0.1) is 0 Å². The molecule has 2 N–H and O–H groups in total. The largest absolute Gasteiger partial charge is 0.488 e. The number of carbonyl (C=O) groups is 2. The number of rotatable bonds is 9. The van der Waals surface area contributed by atoms with E-state index in [-0.39, 0.29) is 60.1 Å². The van der Waals surface area contributed by atoms with Gasteiger partial charge in [0, 0.05) is 49.3 Å². The van der Waals surface area contributed by atoms with Crippen LogP contribution in [0.4, 0.5) is 5.69 Å². The number of aliphatic hydroxyl groups excluding tert-OH is 1. The average Bonchev–Trinajstić information content (AvgIpc) is 3.33. The van der Waals surface area contributed by atoms with Gasteiger partial charge < -0.3 is 24.6 Å². The smallest absolute Gasteiger partial charge is 0.258 e. The third-order valence-electron chi connectivity index (χ3n) is 8.17. The lowest BCUT2D eigenvalue weighted by molar-refractivity contribution is -0.115. The van der Waals surface area contributed by atoms with E-state index in [1.165, 1.54) is 11.4 Å². The Bertz CT molecular complexity index is 1770. The van der Waals surface area contributed by atoms with E-state index >= 15 is 0 Å². The van der Waals surface area contributed by atoms with Crippen LogP contribution in [-0.4, -0.2) is 78.0 Å². The predicted octanol–water partition coefficient (Wildman–Crippen LogP) is 3.90. The number of nitrogens with one attached hydrogen (secondary N) is 1. The number of likely N-dealkylation sites (N-methyl/N-ethyl adjacent to an activating group) is 1. The molecular weight excluding hydrogens is 580 g/mol. The van der Waals surface area contributed by atoms with Crippen LogP contribution in [0.5, 0.6) is 5.75 Å². The van der Waals surface area contributed by atoms with Gasteiger partial charge >= 0.3 is 0 Å². The van der Waals surface area contributed by atoms with Crippen LogP contribution < -0.4 is 10.1 Å². The summed E-state index contributed by atoms with van der Waals surface area (Å²) in [5.74, 6) is -0.573. The lowest BCUT2D eigenvalue weighted by Gasteiger charge is -2.38. The van der Waals surface area contributed by atoms with Gasteiger partial charge in [-0.2, -0.15) is 4.31 Å². The molecule has 2 heterocycles. The Morgan fingerprint density at radius 1 is 1.11 bits per heavy atom. The summed E-state index contributed by atoms with van der Waals surface area (Å²) in [6.45, 7) is 3.68. The van der Waals surface area contributed by atoms with Crippen LogP contribution in [0.2, 0.25) is 0 Å². The number of hydrogen-bond donors (Lipinski definition) is 2. The molecule has 0 unspecified atom stereocenters. The van der Waals surface area contributed by atoms with Gasteiger partial charge in [0.05, 0.1) is 36.1 Å². The first-order chi connectivity index (χ1) is 21.0. The molecule has 4 aromatic rings. The van der Waals surface area contributed by atoms with Crippen molar-refractivity contribution in [3.63, 3.8) is 0 Å². The molecule has 232 valence electrons. The Balaban J connectivity index is 1.41. The number of nitrogens with zero attached hydrogens (tertiary/aromatic N) is 3. The molecule has 11 heteroatoms. The Kier molecular flexibility index (Phi) is 9.10. The van der Waals surface area contributed by atoms with Crippen molar-refractivity contribution in [1.29, 1.82) is 0 Å². The standard InChI is InChI=1S/C33H38N4O6S/c1-22-18-37(23(2)21-38)33(40)28-17-25(34-32(39)16-24-19-35(3)29-13-9-8-12-27(24)29)14-15-30(28)43-31(22)20-36(4)44(41,42)26-10-6-5-7-11-26/h5-15,17,19,22-23,31,38H,16,18,20-21H2,1-4H3,(H,34,39)/t22-,23+,31+/m1/s1. The molecule has 0 saturated carbocycles. The maximum atomic E-state index is 13.8. The minimum atomic E-state index is -3.78. The van der Waals surface area contributed by atoms with Crippen LogP contribution in [-0.2, 0) is 28.3 Å². The monoisotopic (exact) mass is 618 g/mol. The molecule has 3 atom stereocenters. The van der Waals surface area contributed by atoms with E-state index in [9.17, 15) is 23.1 Å². The summed E-state index contributed by atoms with van der Waals surface area (Å²) in [5, 5.41) is 13.9. The van der Waals surface area contributed by atoms with Crippen LogP contribution >= 0.6 is 0 Å². The molecule has 44 heavy (non-hydrogen) atoms. The zero-order chi connectivity index (χ0) is 31.6. The molecule has 0 saturated heterocycles. The Hall–Kier alpha value is -4.19. The van der Waals surface area contributed by atoms with Crippen molar-refractivity contribution in [3.8, 4) is 5.75 Å². The van der Waals surface area contributed by atoms with E-state index < -0.39 is 22.2 Å². The highest BCUT2D eigenvalue weighted by molar-refractivity contribution is 7.89. The zero-order valence-electron chi connectivity index (χ0n) is 25.3. The summed E-state index contributed by atoms with van der Waals surface area (Å²) in [4.78, 5) is 28.7. The van der Waals surface area contributed by atoms with E-state index in [2.05, 4.69) is 5.32 Å². The third-order valence-corrected chi connectivity index (χ3v) is 10.0. The number of aliphatic hydroxyl groups is 1. The van der Waals surface area contributed by atoms with Gasteiger partial charge in [0.1, 0.15) is 11.9 Å². The number of fused-ring (bicyclic) bond motifs is 2. The summed E-state index contributed by atoms with van der Waals surface area (Å²) >= 11 is 0. The number of anilines is 1. The van der Waals surface area contributed by atoms with Gasteiger partial charge in [-0.1, -0.05) is 43.3 Å². The van der Waals surface area contributed by atoms with Gasteiger partial charge in [-0.25, -0.2) is 8.42 Å². The van der Waals surface area contributed by atoms with Crippen molar-refractivity contribution in [2.24, 2.45) is 13.0 Å². The fourth-order valence-corrected chi connectivity index (χ4v) is 6.79. The van der Waals surface area contributed by atoms with Gasteiger partial charge in [-0.3, -0.25) is 9.59 Å². The Labute approximate surface area is 257 Å². The molecule has 3 aromatic carbocycles. The zero-order valence-corrected chi connectivity index (χ0v) is 26.1. The normalized spacial score (nSPS) is 18.0. The fourth-order valence-electron chi connectivity index (χ4n) is 5.59. The lowest BCUT2D eigenvalue weighted by atomic mass is 9.99. The summed E-state index contributed by atoms with van der Waals surface area (Å²) < 4.78 is 36.1. The van der Waals surface area contributed by atoms with Gasteiger partial charge in [0.2, 0.25) is 15.9 Å². The van der Waals surface area contributed by atoms with Crippen molar-refractivity contribution >= 4 is 38.4 Å². The predicted molar refractivity (Wildman–Crippen MR) is 169 cm³/mol. The number of aryl methyl sites for hydroxylation is 1. The first kappa shape index (κ1) is 31.2. The van der Waals surface area contributed by atoms with Crippen molar-refractivity contribution in [2.45, 2.75) is 37.3 Å². The maximum absolute atomic E-state index is 13.8. The highest BCUT2D eigenvalue weighted by Crippen LogP contribution is 2.31. The molecule has 0 bridgehead atoms. The summed E-state index contributed by atoms with van der Waals surface area (Å²) in [6, 6.07) is 20.4. The number of aromatic nitrogens is 1. The van der Waals surface area contributed by atoms with E-state index in [1.54, 1.807) is 60.4 Å². The van der Waals surface area contributed by atoms with E-state index in [0.29, 0.717) is 5.69 Å². The van der Waals surface area contributed by atoms with E-state index in [0.717, 1.165) is 16.5 Å². The quantitative estimate of drug-likeness (QED) is 0.294. The van der Waals surface area contributed by atoms with E-state index in [1.807, 2.05) is 49.0 Å². The van der Waals surface area contributed by atoms with Crippen molar-refractivity contribution in [3.05, 3.63) is 90.1 Å². The average molecular weight is 619 g/mol. The number of hydrogen-bond acceptors (Lipinski definition) is 6. The molecule has 0 fully saturated rings. The first-order valence-corrected chi connectivity index (χ1v) is 16.0. The van der Waals surface area contributed by atoms with E-state index in [4.69, 9.17) is 4.74 Å². The molecule has 0 aliphatic carbocycles. The molecule has 1 aliphatic rings. The topological polar surface area (TPSA) is 121 Å². The summed E-state index contributed by atoms with van der Waals surface area (Å²) in [6.07, 6.45) is 1.48. The molecule has 10 nitrogen and oxygen atoms in total. The minimum Gasteiger partial charge on any atom is -0.488 e. The molecule has 1 aliphatic heterocycles. The number of para-hydroxylation sites is 1. The second-order valence-corrected chi connectivity index (χ2v) is 13.5. The van der Waals surface area contributed by atoms with Crippen LogP contribution in [0, 0.1) is 5.92 Å². The van der Waals surface area contributed by atoms with Gasteiger partial charge in [0.15, 0.2) is 0 Å². The Morgan fingerprint density at radius 3 is 2.55 bits per heavy atom. The lowest BCUT2D eigenvalue weighted by Crippen LogP contribution is -2.50. The van der Waals surface area contributed by atoms with Crippen LogP contribution in [0.15, 0.2) is 83.9 Å². The molecule has 2 amide bonds. The molecular formula is C33H38N4O6S. The highest BCUT2D eigenvalue weighted by atomic mass is 32.2. The number of benzene rings is 3. The number of ether oxygens (including phenoxy) is 1. The Morgan fingerprint density at radius 2 is 1.82 bits per heavy atom. The number of sulfonamides is 1. The molecule has 5 rings (SSSR count). The second-order valence-electron chi connectivity index (χ2n) is 11.4. The molecule has 0 spiro atoms. The highest BCUT2D eigenvalue weighted by Gasteiger charge is 2.35. The SMILES string of the molecule is C[C@@H]1CN([C@@H](C)CO)C(=O)c2cc(NC(=O)Cc3cn(C)c4ccccc34)ccc2O[C@H]1CN(C)S(=O)(=O)c1ccccc1. The first-order valence-electron chi connectivity index (χ1n) is 14.6. The summed E-state index contributed by atoms with van der Waals surface area (Å²) in [7, 11) is -0.337. The van der Waals surface area contributed by atoms with Crippen LogP contribution in [0.1, 0.15) is 29.8 Å². The minimum absolute atomic E-state index is 0.0386. The maximum Gasteiger partial charge on any atom is 0.258 e. The van der Waals surface area contributed by atoms with Crippen molar-refractivity contribution < 1.29 is 27.9 Å². The summed E-state index contributed by atoms with van der Waals surface area (Å²) in [5.41, 5.74) is 2.57.